The number of likely N-dealkylation sites (N-methyl/N-ethyl adjacent to an activating group) is 1. The van der Waals surface area contributed by atoms with Crippen LogP contribution in [-0.4, -0.2) is 36.6 Å². The lowest BCUT2D eigenvalue weighted by molar-refractivity contribution is 0.0930. The molecule has 0 saturated carbocycles. The van der Waals surface area contributed by atoms with Crippen LogP contribution in [0.1, 0.15) is 28.1 Å². The number of hydrogen-bond acceptors (Lipinski definition) is 5. The van der Waals surface area contributed by atoms with Crippen molar-refractivity contribution in [2.45, 2.75) is 13.0 Å². The van der Waals surface area contributed by atoms with E-state index in [1.807, 2.05) is 62.3 Å². The lowest BCUT2D eigenvalue weighted by atomic mass is 10.1. The van der Waals surface area contributed by atoms with Gasteiger partial charge in [0, 0.05) is 22.6 Å². The third kappa shape index (κ3) is 5.22. The Morgan fingerprint density at radius 3 is 2.52 bits per heavy atom. The van der Waals surface area contributed by atoms with Crippen molar-refractivity contribution in [2.75, 3.05) is 20.6 Å². The van der Waals surface area contributed by atoms with Crippen molar-refractivity contribution >= 4 is 34.2 Å². The van der Waals surface area contributed by atoms with E-state index in [2.05, 4.69) is 26.4 Å². The molecule has 0 aliphatic rings. The van der Waals surface area contributed by atoms with Crippen molar-refractivity contribution in [3.8, 4) is 11.3 Å². The summed E-state index contributed by atoms with van der Waals surface area (Å²) in [5, 5.41) is 6.77. The van der Waals surface area contributed by atoms with Gasteiger partial charge < -0.3 is 14.3 Å². The monoisotopic (exact) mass is 453 g/mol. The van der Waals surface area contributed by atoms with Crippen LogP contribution >= 0.6 is 28.3 Å². The maximum Gasteiger partial charge on any atom is 0.273 e. The second-order valence-electron chi connectivity index (χ2n) is 6.22. The Morgan fingerprint density at radius 2 is 1.93 bits per heavy atom. The van der Waals surface area contributed by atoms with E-state index in [0.29, 0.717) is 12.3 Å². The SMILES string of the molecule is Cc1ccc(C(CNC(=O)c2cc(-c3ccc(Br)cc3)on2)N(C)C)o1.Cl. The lowest BCUT2D eigenvalue weighted by Crippen LogP contribution is -2.34. The fourth-order valence-electron chi connectivity index (χ4n) is 2.58. The van der Waals surface area contributed by atoms with E-state index in [4.69, 9.17) is 8.94 Å². The zero-order valence-corrected chi connectivity index (χ0v) is 17.6. The summed E-state index contributed by atoms with van der Waals surface area (Å²) in [6.07, 6.45) is 0. The van der Waals surface area contributed by atoms with Crippen LogP contribution < -0.4 is 5.32 Å². The number of carbonyl (C=O) groups is 1. The predicted molar refractivity (Wildman–Crippen MR) is 109 cm³/mol. The number of nitrogens with one attached hydrogen (secondary N) is 1. The van der Waals surface area contributed by atoms with Crippen LogP contribution in [0.3, 0.4) is 0 Å². The van der Waals surface area contributed by atoms with Crippen LogP contribution in [0, 0.1) is 6.92 Å². The first-order valence-electron chi connectivity index (χ1n) is 8.17. The van der Waals surface area contributed by atoms with Gasteiger partial charge in [0.25, 0.3) is 5.91 Å². The number of halogens is 2. The van der Waals surface area contributed by atoms with Crippen LogP contribution in [0.5, 0.6) is 0 Å². The van der Waals surface area contributed by atoms with Gasteiger partial charge in [-0.1, -0.05) is 33.2 Å². The zero-order valence-electron chi connectivity index (χ0n) is 15.2. The molecule has 144 valence electrons. The number of carbonyl (C=O) groups excluding carboxylic acids is 1. The maximum atomic E-state index is 12.4. The van der Waals surface area contributed by atoms with E-state index in [1.165, 1.54) is 0 Å². The van der Waals surface area contributed by atoms with Gasteiger partial charge in [0.1, 0.15) is 11.5 Å². The van der Waals surface area contributed by atoms with Crippen molar-refractivity contribution in [3.05, 3.63) is 64.2 Å². The number of amides is 1. The highest BCUT2D eigenvalue weighted by molar-refractivity contribution is 9.10. The second-order valence-corrected chi connectivity index (χ2v) is 7.14. The molecule has 8 heteroatoms. The van der Waals surface area contributed by atoms with E-state index in [0.717, 1.165) is 21.6 Å². The molecule has 0 aliphatic heterocycles. The molecule has 3 rings (SSSR count). The van der Waals surface area contributed by atoms with Gasteiger partial charge in [-0.2, -0.15) is 0 Å². The highest BCUT2D eigenvalue weighted by atomic mass is 79.9. The summed E-state index contributed by atoms with van der Waals surface area (Å²) in [7, 11) is 3.88. The molecule has 6 nitrogen and oxygen atoms in total. The van der Waals surface area contributed by atoms with Crippen molar-refractivity contribution < 1.29 is 13.7 Å². The van der Waals surface area contributed by atoms with E-state index in [9.17, 15) is 4.79 Å². The van der Waals surface area contributed by atoms with Gasteiger partial charge in [-0.25, -0.2) is 0 Å². The van der Waals surface area contributed by atoms with E-state index >= 15 is 0 Å². The van der Waals surface area contributed by atoms with Gasteiger partial charge in [0.05, 0.1) is 6.04 Å². The topological polar surface area (TPSA) is 71.5 Å². The van der Waals surface area contributed by atoms with Crippen LogP contribution in [0.4, 0.5) is 0 Å². The smallest absolute Gasteiger partial charge is 0.273 e. The Kier molecular flexibility index (Phi) is 7.24. The van der Waals surface area contributed by atoms with Crippen LogP contribution in [-0.2, 0) is 0 Å². The Bertz CT molecular complexity index is 890. The van der Waals surface area contributed by atoms with Crippen molar-refractivity contribution in [1.29, 1.82) is 0 Å². The third-order valence-electron chi connectivity index (χ3n) is 4.04. The van der Waals surface area contributed by atoms with E-state index in [-0.39, 0.29) is 30.0 Å². The molecule has 27 heavy (non-hydrogen) atoms. The molecule has 2 heterocycles. The molecule has 0 spiro atoms. The Labute approximate surface area is 172 Å². The third-order valence-corrected chi connectivity index (χ3v) is 4.57. The van der Waals surface area contributed by atoms with Crippen molar-refractivity contribution in [1.82, 2.24) is 15.4 Å². The molecule has 1 atom stereocenters. The van der Waals surface area contributed by atoms with Gasteiger partial charge in [-0.05, 0) is 45.3 Å². The Hall–Kier alpha value is -2.09. The number of aryl methyl sites for hydroxylation is 1. The minimum Gasteiger partial charge on any atom is -0.465 e. The fraction of sp³-hybridized carbons (Fsp3) is 0.263. The average Bonchev–Trinajstić information content (AvgIpc) is 3.25. The molecule has 0 aliphatic carbocycles. The van der Waals surface area contributed by atoms with Gasteiger partial charge in [-0.3, -0.25) is 9.69 Å². The minimum absolute atomic E-state index is 0. The van der Waals surface area contributed by atoms with Crippen molar-refractivity contribution in [3.63, 3.8) is 0 Å². The summed E-state index contributed by atoms with van der Waals surface area (Å²) >= 11 is 3.39. The highest BCUT2D eigenvalue weighted by Gasteiger charge is 2.20. The zero-order chi connectivity index (χ0) is 18.7. The Balaban J connectivity index is 0.00000261. The van der Waals surface area contributed by atoms with Gasteiger partial charge in [-0.15, -0.1) is 12.4 Å². The summed E-state index contributed by atoms with van der Waals surface area (Å²) in [4.78, 5) is 14.4. The minimum atomic E-state index is -0.285. The molecule has 1 N–H and O–H groups in total. The largest absolute Gasteiger partial charge is 0.465 e. The normalized spacial score (nSPS) is 11.9. The summed E-state index contributed by atoms with van der Waals surface area (Å²) in [5.41, 5.74) is 1.10. The molecule has 0 radical (unpaired) electrons. The molecule has 1 unspecified atom stereocenters. The van der Waals surface area contributed by atoms with E-state index < -0.39 is 0 Å². The molecule has 0 bridgehead atoms. The van der Waals surface area contributed by atoms with Crippen LogP contribution in [0.2, 0.25) is 0 Å². The van der Waals surface area contributed by atoms with Gasteiger partial charge in [0.15, 0.2) is 11.5 Å². The summed E-state index contributed by atoms with van der Waals surface area (Å²) in [5.74, 6) is 1.91. The highest BCUT2D eigenvalue weighted by Crippen LogP contribution is 2.23. The molecule has 0 fully saturated rings. The number of aromatic nitrogens is 1. The van der Waals surface area contributed by atoms with Crippen molar-refractivity contribution in [2.24, 2.45) is 0 Å². The number of hydrogen-bond donors (Lipinski definition) is 1. The van der Waals surface area contributed by atoms with Gasteiger partial charge in [0.2, 0.25) is 0 Å². The van der Waals surface area contributed by atoms with Crippen LogP contribution in [0.25, 0.3) is 11.3 Å². The average molecular weight is 455 g/mol. The molecule has 1 aromatic carbocycles. The summed E-state index contributed by atoms with van der Waals surface area (Å²) in [6.45, 7) is 2.30. The molecular weight excluding hydrogens is 434 g/mol. The number of rotatable bonds is 6. The number of nitrogens with zero attached hydrogens (tertiary/aromatic N) is 2. The molecule has 2 aromatic heterocycles. The molecule has 0 saturated heterocycles. The quantitative estimate of drug-likeness (QED) is 0.595. The first-order valence-corrected chi connectivity index (χ1v) is 8.97. The summed E-state index contributed by atoms with van der Waals surface area (Å²) in [6, 6.07) is 13.0. The fourth-order valence-corrected chi connectivity index (χ4v) is 2.85. The number of benzene rings is 1. The van der Waals surface area contributed by atoms with Crippen LogP contribution in [0.15, 0.2) is 55.9 Å². The predicted octanol–water partition coefficient (Wildman–Crippen LogP) is 4.46. The first kappa shape index (κ1) is 21.2. The number of furan rings is 1. The maximum absolute atomic E-state index is 12.4. The standard InChI is InChI=1S/C19H20BrN3O3.ClH/c1-12-4-9-17(25-12)16(23(2)3)11-21-19(24)15-10-18(26-22-15)13-5-7-14(20)8-6-13;/h4-10,16H,11H2,1-3H3,(H,21,24);1H. The molecule has 1 amide bonds. The van der Waals surface area contributed by atoms with E-state index in [1.54, 1.807) is 6.07 Å². The summed E-state index contributed by atoms with van der Waals surface area (Å²) < 4.78 is 12.0. The molecule has 3 aromatic rings. The lowest BCUT2D eigenvalue weighted by Gasteiger charge is -2.22. The van der Waals surface area contributed by atoms with Gasteiger partial charge >= 0.3 is 0 Å². The Morgan fingerprint density at radius 1 is 1.22 bits per heavy atom. The first-order chi connectivity index (χ1) is 12.4. The molecular formula is C19H21BrClN3O3. The second kappa shape index (κ2) is 9.21.